The Morgan fingerprint density at radius 2 is 2.60 bits per heavy atom. The molecule has 0 amide bonds. The lowest BCUT2D eigenvalue weighted by Crippen LogP contribution is -2.46. The Morgan fingerprint density at radius 1 is 1.70 bits per heavy atom. The van der Waals surface area contributed by atoms with Gasteiger partial charge in [-0.05, 0) is 6.42 Å². The van der Waals surface area contributed by atoms with Gasteiger partial charge in [-0.3, -0.25) is 4.99 Å². The van der Waals surface area contributed by atoms with E-state index in [1.165, 1.54) is 11.6 Å². The second-order valence-electron chi connectivity index (χ2n) is 2.48. The van der Waals surface area contributed by atoms with Gasteiger partial charge in [0.25, 0.3) is 0 Å². The van der Waals surface area contributed by atoms with Crippen molar-refractivity contribution in [1.29, 1.82) is 0 Å². The highest BCUT2D eigenvalue weighted by atomic mass is 32.2. The molecule has 0 aromatic heterocycles. The van der Waals surface area contributed by atoms with Crippen LogP contribution in [0.5, 0.6) is 0 Å². The number of hydrogen-bond donors (Lipinski definition) is 1. The quantitative estimate of drug-likeness (QED) is 0.552. The lowest BCUT2D eigenvalue weighted by atomic mass is 10.2. The predicted molar refractivity (Wildman–Crippen MR) is 48.9 cm³/mol. The van der Waals surface area contributed by atoms with Gasteiger partial charge in [-0.1, -0.05) is 11.8 Å². The predicted octanol–water partition coefficient (Wildman–Crippen LogP) is 1.05. The molecule has 0 spiro atoms. The van der Waals surface area contributed by atoms with E-state index in [-0.39, 0.29) is 0 Å². The Balaban J connectivity index is 1.98. The first kappa shape index (κ1) is 6.85. The molecule has 0 aromatic rings. The first-order valence-corrected chi connectivity index (χ1v) is 5.00. The van der Waals surface area contributed by atoms with Crippen molar-refractivity contribution >= 4 is 29.6 Å². The van der Waals surface area contributed by atoms with E-state index in [2.05, 4.69) is 22.5 Å². The van der Waals surface area contributed by atoms with Gasteiger partial charge in [0.05, 0.1) is 11.9 Å². The van der Waals surface area contributed by atoms with Crippen molar-refractivity contribution in [3.05, 3.63) is 0 Å². The smallest absolute Gasteiger partial charge is 0.160 e. The average molecular weight is 174 g/mol. The lowest BCUT2D eigenvalue weighted by molar-refractivity contribution is 0.275. The molecular formula is C6H10N2S2. The number of amidine groups is 1. The van der Waals surface area contributed by atoms with Crippen molar-refractivity contribution in [1.82, 2.24) is 4.90 Å². The molecule has 4 heteroatoms. The van der Waals surface area contributed by atoms with Crippen LogP contribution in [0.1, 0.15) is 6.42 Å². The molecular weight excluding hydrogens is 164 g/mol. The minimum Gasteiger partial charge on any atom is -0.340 e. The minimum atomic E-state index is 0.448. The number of rotatable bonds is 0. The highest BCUT2D eigenvalue weighted by Crippen LogP contribution is 2.27. The molecule has 0 bridgehead atoms. The largest absolute Gasteiger partial charge is 0.340 e. The maximum atomic E-state index is 4.39. The normalized spacial score (nSPS) is 31.9. The Labute approximate surface area is 70.5 Å². The fourth-order valence-corrected chi connectivity index (χ4v) is 2.44. The zero-order chi connectivity index (χ0) is 6.97. The molecule has 0 aromatic carbocycles. The van der Waals surface area contributed by atoms with Crippen LogP contribution in [0.3, 0.4) is 0 Å². The second-order valence-corrected chi connectivity index (χ2v) is 4.13. The molecule has 1 atom stereocenters. The number of aliphatic imine (C=N–C) groups is 1. The van der Waals surface area contributed by atoms with Gasteiger partial charge in [0.2, 0.25) is 0 Å². The van der Waals surface area contributed by atoms with Crippen LogP contribution in [-0.2, 0) is 0 Å². The van der Waals surface area contributed by atoms with Crippen LogP contribution < -0.4 is 0 Å². The van der Waals surface area contributed by atoms with Gasteiger partial charge in [-0.15, -0.1) is 0 Å². The van der Waals surface area contributed by atoms with E-state index in [0.29, 0.717) is 5.37 Å². The van der Waals surface area contributed by atoms with Crippen molar-refractivity contribution in [3.8, 4) is 0 Å². The van der Waals surface area contributed by atoms with Crippen LogP contribution in [0.2, 0.25) is 0 Å². The summed E-state index contributed by atoms with van der Waals surface area (Å²) >= 11 is 6.24. The van der Waals surface area contributed by atoms with Gasteiger partial charge < -0.3 is 4.90 Å². The molecule has 0 saturated carbocycles. The maximum absolute atomic E-state index is 4.39. The van der Waals surface area contributed by atoms with Crippen LogP contribution >= 0.6 is 24.4 Å². The summed E-state index contributed by atoms with van der Waals surface area (Å²) in [6.45, 7) is 2.15. The van der Waals surface area contributed by atoms with Crippen molar-refractivity contribution in [2.75, 3.05) is 18.8 Å². The third kappa shape index (κ3) is 1.03. The first-order chi connectivity index (χ1) is 4.88. The summed E-state index contributed by atoms with van der Waals surface area (Å²) in [7, 11) is 0. The number of thiol groups is 1. The highest BCUT2D eigenvalue weighted by molar-refractivity contribution is 8.14. The number of thioether (sulfide) groups is 1. The zero-order valence-corrected chi connectivity index (χ0v) is 7.37. The van der Waals surface area contributed by atoms with Crippen LogP contribution in [0, 0.1) is 0 Å². The van der Waals surface area contributed by atoms with Crippen molar-refractivity contribution in [2.24, 2.45) is 4.99 Å². The molecule has 1 fully saturated rings. The molecule has 1 saturated heterocycles. The molecule has 0 aliphatic carbocycles. The molecule has 56 valence electrons. The molecule has 2 aliphatic rings. The Kier molecular flexibility index (Phi) is 1.82. The third-order valence-corrected chi connectivity index (χ3v) is 3.35. The standard InChI is InChI=1S/C6H10N2S2/c9-5-1-3-8(5)6-7-2-4-10-6/h5,9H,1-4H2. The molecule has 2 nitrogen and oxygen atoms in total. The van der Waals surface area contributed by atoms with Gasteiger partial charge in [0.1, 0.15) is 0 Å². The monoisotopic (exact) mass is 174 g/mol. The molecule has 0 radical (unpaired) electrons. The van der Waals surface area contributed by atoms with Crippen LogP contribution in [-0.4, -0.2) is 34.3 Å². The van der Waals surface area contributed by atoms with Crippen LogP contribution in [0.4, 0.5) is 0 Å². The van der Waals surface area contributed by atoms with E-state index in [1.54, 1.807) is 0 Å². The van der Waals surface area contributed by atoms with Gasteiger partial charge in [-0.25, -0.2) is 0 Å². The van der Waals surface area contributed by atoms with Gasteiger partial charge in [0.15, 0.2) is 5.17 Å². The van der Waals surface area contributed by atoms with Crippen LogP contribution in [0.25, 0.3) is 0 Å². The van der Waals surface area contributed by atoms with Crippen molar-refractivity contribution in [3.63, 3.8) is 0 Å². The van der Waals surface area contributed by atoms with E-state index >= 15 is 0 Å². The van der Waals surface area contributed by atoms with Crippen molar-refractivity contribution in [2.45, 2.75) is 11.8 Å². The lowest BCUT2D eigenvalue weighted by Gasteiger charge is -2.38. The summed E-state index contributed by atoms with van der Waals surface area (Å²) in [5.74, 6) is 1.16. The van der Waals surface area contributed by atoms with E-state index in [4.69, 9.17) is 0 Å². The van der Waals surface area contributed by atoms with E-state index in [1.807, 2.05) is 11.8 Å². The molecule has 0 N–H and O–H groups in total. The van der Waals surface area contributed by atoms with E-state index in [0.717, 1.165) is 18.8 Å². The molecule has 2 rings (SSSR count). The summed E-state index contributed by atoms with van der Waals surface area (Å²) in [6.07, 6.45) is 1.21. The Morgan fingerprint density at radius 3 is 3.00 bits per heavy atom. The summed E-state index contributed by atoms with van der Waals surface area (Å²) in [4.78, 5) is 6.63. The first-order valence-electron chi connectivity index (χ1n) is 3.50. The topological polar surface area (TPSA) is 15.6 Å². The van der Waals surface area contributed by atoms with E-state index in [9.17, 15) is 0 Å². The molecule has 10 heavy (non-hydrogen) atoms. The second kappa shape index (κ2) is 2.66. The zero-order valence-electron chi connectivity index (χ0n) is 5.66. The average Bonchev–Trinajstić information content (AvgIpc) is 2.37. The SMILES string of the molecule is SC1CCN1C1=NCCS1. The Hall–Kier alpha value is 0.170. The van der Waals surface area contributed by atoms with Crippen molar-refractivity contribution < 1.29 is 0 Å². The third-order valence-electron chi connectivity index (χ3n) is 1.80. The van der Waals surface area contributed by atoms with Gasteiger partial charge in [0, 0.05) is 12.3 Å². The minimum absolute atomic E-state index is 0.448. The molecule has 2 aliphatic heterocycles. The summed E-state index contributed by atoms with van der Waals surface area (Å²) in [6, 6.07) is 0. The molecule has 2 heterocycles. The fraction of sp³-hybridized carbons (Fsp3) is 0.833. The summed E-state index contributed by atoms with van der Waals surface area (Å²) in [5.41, 5.74) is 0. The fourth-order valence-electron chi connectivity index (χ4n) is 1.09. The highest BCUT2D eigenvalue weighted by Gasteiger charge is 2.28. The summed E-state index contributed by atoms with van der Waals surface area (Å²) < 4.78 is 0. The number of likely N-dealkylation sites (tertiary alicyclic amines) is 1. The number of hydrogen-bond acceptors (Lipinski definition) is 4. The van der Waals surface area contributed by atoms with Crippen LogP contribution in [0.15, 0.2) is 4.99 Å². The number of nitrogens with zero attached hydrogens (tertiary/aromatic N) is 2. The van der Waals surface area contributed by atoms with E-state index < -0.39 is 0 Å². The molecule has 1 unspecified atom stereocenters. The van der Waals surface area contributed by atoms with Gasteiger partial charge >= 0.3 is 0 Å². The Bertz CT molecular complexity index is 169. The summed E-state index contributed by atoms with van der Waals surface area (Å²) in [5, 5.41) is 1.66. The maximum Gasteiger partial charge on any atom is 0.160 e. The van der Waals surface area contributed by atoms with Gasteiger partial charge in [-0.2, -0.15) is 12.6 Å².